The maximum Gasteiger partial charge on any atom is 0.190 e. The van der Waals surface area contributed by atoms with Crippen molar-refractivity contribution in [3.63, 3.8) is 0 Å². The smallest absolute Gasteiger partial charge is 0.190 e. The van der Waals surface area contributed by atoms with Gasteiger partial charge in [0, 0.05) is 5.56 Å². The molecular formula is C24H28O7. The van der Waals surface area contributed by atoms with Crippen LogP contribution in [0.4, 0.5) is 0 Å². The van der Waals surface area contributed by atoms with Gasteiger partial charge in [-0.05, 0) is 25.0 Å². The lowest BCUT2D eigenvalue weighted by atomic mass is 10.0. The summed E-state index contributed by atoms with van der Waals surface area (Å²) in [7, 11) is 0. The molecule has 31 heavy (non-hydrogen) atoms. The van der Waals surface area contributed by atoms with Crippen LogP contribution >= 0.6 is 0 Å². The number of hydrogen-bond donors (Lipinski definition) is 1. The molecule has 0 aromatic heterocycles. The zero-order chi connectivity index (χ0) is 21.4. The number of aliphatic hydroxyl groups is 1. The van der Waals surface area contributed by atoms with Crippen LogP contribution in [-0.2, 0) is 35.0 Å². The summed E-state index contributed by atoms with van der Waals surface area (Å²) in [5, 5.41) is 10.8. The number of benzene rings is 2. The number of hydrogen-bond acceptors (Lipinski definition) is 7. The Kier molecular flexibility index (Phi) is 5.83. The highest BCUT2D eigenvalue weighted by molar-refractivity contribution is 5.30. The van der Waals surface area contributed by atoms with Crippen molar-refractivity contribution in [2.45, 2.75) is 63.2 Å². The molecule has 1 N–H and O–H groups in total. The minimum Gasteiger partial charge on any atom is -0.386 e. The standard InChI is InChI=1S/C24H28O7/c1-24(2)30-21-20-19(28-23(21)31-24)14-27-22(29-20)17-11-7-6-10-16(17)18(25)13-26-12-15-8-4-3-5-9-15/h3-11,18-23,25H,12-14H2,1-2H3/t18-,19+,20-,21+,22-,23+/m0/s1. The third kappa shape index (κ3) is 4.40. The van der Waals surface area contributed by atoms with Crippen molar-refractivity contribution in [2.24, 2.45) is 0 Å². The summed E-state index contributed by atoms with van der Waals surface area (Å²) >= 11 is 0. The molecule has 3 fully saturated rings. The van der Waals surface area contributed by atoms with Gasteiger partial charge in [-0.1, -0.05) is 54.6 Å². The molecule has 0 unspecified atom stereocenters. The SMILES string of the molecule is CC1(C)O[C@H]2O[C@@H]3CO[C@H](c4ccccc4[C@@H](O)COCc4ccccc4)O[C@@H]3[C@H]2O1. The lowest BCUT2D eigenvalue weighted by Gasteiger charge is -2.35. The van der Waals surface area contributed by atoms with Crippen LogP contribution in [-0.4, -0.2) is 48.7 Å². The van der Waals surface area contributed by atoms with E-state index in [1.54, 1.807) is 0 Å². The fourth-order valence-electron chi connectivity index (χ4n) is 4.35. The van der Waals surface area contributed by atoms with Gasteiger partial charge in [-0.2, -0.15) is 0 Å². The van der Waals surface area contributed by atoms with Gasteiger partial charge in [-0.15, -0.1) is 0 Å². The van der Waals surface area contributed by atoms with Gasteiger partial charge < -0.3 is 33.5 Å². The molecule has 2 aromatic rings. The molecule has 3 aliphatic heterocycles. The summed E-state index contributed by atoms with van der Waals surface area (Å²) < 4.78 is 35.7. The van der Waals surface area contributed by atoms with Crippen LogP contribution < -0.4 is 0 Å². The first kappa shape index (κ1) is 21.0. The largest absolute Gasteiger partial charge is 0.386 e. The first-order valence-electron chi connectivity index (χ1n) is 10.7. The molecule has 6 atom stereocenters. The lowest BCUT2D eigenvalue weighted by Crippen LogP contribution is -2.44. The summed E-state index contributed by atoms with van der Waals surface area (Å²) in [6, 6.07) is 17.4. The van der Waals surface area contributed by atoms with Gasteiger partial charge in [0.2, 0.25) is 0 Å². The van der Waals surface area contributed by atoms with Crippen LogP contribution in [0.25, 0.3) is 0 Å². The Morgan fingerprint density at radius 3 is 2.61 bits per heavy atom. The summed E-state index contributed by atoms with van der Waals surface area (Å²) in [4.78, 5) is 0. The molecule has 0 spiro atoms. The first-order valence-corrected chi connectivity index (χ1v) is 10.7. The topological polar surface area (TPSA) is 75.6 Å². The van der Waals surface area contributed by atoms with Gasteiger partial charge in [-0.3, -0.25) is 0 Å². The summed E-state index contributed by atoms with van der Waals surface area (Å²) in [6.07, 6.45) is -2.74. The van der Waals surface area contributed by atoms with Crippen LogP contribution in [0.1, 0.15) is 42.9 Å². The highest BCUT2D eigenvalue weighted by Crippen LogP contribution is 2.43. The number of ether oxygens (including phenoxy) is 6. The minimum atomic E-state index is -0.803. The van der Waals surface area contributed by atoms with E-state index in [4.69, 9.17) is 28.4 Å². The highest BCUT2D eigenvalue weighted by atomic mass is 16.9. The van der Waals surface area contributed by atoms with Gasteiger partial charge in [0.25, 0.3) is 0 Å². The Labute approximate surface area is 181 Å². The molecule has 0 amide bonds. The van der Waals surface area contributed by atoms with Crippen LogP contribution in [0.5, 0.6) is 0 Å². The maximum absolute atomic E-state index is 10.8. The minimum absolute atomic E-state index is 0.170. The van der Waals surface area contributed by atoms with Gasteiger partial charge >= 0.3 is 0 Å². The van der Waals surface area contributed by atoms with Gasteiger partial charge in [0.15, 0.2) is 18.4 Å². The molecular weight excluding hydrogens is 400 g/mol. The molecule has 0 bridgehead atoms. The van der Waals surface area contributed by atoms with Crippen molar-refractivity contribution in [2.75, 3.05) is 13.2 Å². The van der Waals surface area contributed by atoms with E-state index in [-0.39, 0.29) is 24.9 Å². The van der Waals surface area contributed by atoms with Crippen molar-refractivity contribution in [1.82, 2.24) is 0 Å². The van der Waals surface area contributed by atoms with Crippen LogP contribution in [0, 0.1) is 0 Å². The predicted octanol–water partition coefficient (Wildman–Crippen LogP) is 3.23. The molecule has 2 aromatic carbocycles. The zero-order valence-corrected chi connectivity index (χ0v) is 17.7. The van der Waals surface area contributed by atoms with Crippen molar-refractivity contribution in [3.8, 4) is 0 Å². The molecule has 7 heteroatoms. The van der Waals surface area contributed by atoms with E-state index >= 15 is 0 Å². The third-order valence-electron chi connectivity index (χ3n) is 5.78. The van der Waals surface area contributed by atoms with Crippen molar-refractivity contribution in [3.05, 3.63) is 71.3 Å². The lowest BCUT2D eigenvalue weighted by molar-refractivity contribution is -0.285. The van der Waals surface area contributed by atoms with Crippen molar-refractivity contribution < 1.29 is 33.5 Å². The number of rotatable bonds is 6. The Morgan fingerprint density at radius 2 is 1.77 bits per heavy atom. The average Bonchev–Trinajstić information content (AvgIpc) is 3.25. The average molecular weight is 428 g/mol. The fraction of sp³-hybridized carbons (Fsp3) is 0.500. The molecule has 3 saturated heterocycles. The van der Waals surface area contributed by atoms with Crippen LogP contribution in [0.3, 0.4) is 0 Å². The number of fused-ring (bicyclic) bond motifs is 3. The monoisotopic (exact) mass is 428 g/mol. The molecule has 0 saturated carbocycles. The molecule has 0 aliphatic carbocycles. The van der Waals surface area contributed by atoms with Crippen molar-refractivity contribution in [1.29, 1.82) is 0 Å². The van der Waals surface area contributed by atoms with Crippen LogP contribution in [0.15, 0.2) is 54.6 Å². The molecule has 5 rings (SSSR count). The predicted molar refractivity (Wildman–Crippen MR) is 110 cm³/mol. The Morgan fingerprint density at radius 1 is 1.00 bits per heavy atom. The summed E-state index contributed by atoms with van der Waals surface area (Å²) in [6.45, 7) is 4.70. The van der Waals surface area contributed by atoms with E-state index < -0.39 is 24.5 Å². The molecule has 0 radical (unpaired) electrons. The van der Waals surface area contributed by atoms with E-state index in [1.807, 2.05) is 68.4 Å². The Hall–Kier alpha value is -1.84. The Bertz CT molecular complexity index is 887. The summed E-state index contributed by atoms with van der Waals surface area (Å²) in [5.74, 6) is -0.707. The van der Waals surface area contributed by atoms with E-state index in [0.29, 0.717) is 13.2 Å². The number of aliphatic hydroxyl groups excluding tert-OH is 1. The molecule has 7 nitrogen and oxygen atoms in total. The normalized spacial score (nSPS) is 32.4. The fourth-order valence-corrected chi connectivity index (χ4v) is 4.35. The Balaban J connectivity index is 1.26. The zero-order valence-electron chi connectivity index (χ0n) is 17.7. The molecule has 166 valence electrons. The quantitative estimate of drug-likeness (QED) is 0.757. The second kappa shape index (κ2) is 8.60. The second-order valence-electron chi connectivity index (χ2n) is 8.55. The molecule has 3 aliphatic rings. The maximum atomic E-state index is 10.8. The second-order valence-corrected chi connectivity index (χ2v) is 8.55. The van der Waals surface area contributed by atoms with E-state index in [2.05, 4.69) is 0 Å². The van der Waals surface area contributed by atoms with E-state index in [0.717, 1.165) is 16.7 Å². The van der Waals surface area contributed by atoms with Crippen molar-refractivity contribution >= 4 is 0 Å². The van der Waals surface area contributed by atoms with Gasteiger partial charge in [0.05, 0.1) is 19.8 Å². The summed E-state index contributed by atoms with van der Waals surface area (Å²) in [5.41, 5.74) is 2.56. The highest BCUT2D eigenvalue weighted by Gasteiger charge is 2.57. The van der Waals surface area contributed by atoms with Crippen LogP contribution in [0.2, 0.25) is 0 Å². The molecule has 3 heterocycles. The first-order chi connectivity index (χ1) is 15.0. The van der Waals surface area contributed by atoms with Gasteiger partial charge in [-0.25, -0.2) is 0 Å². The van der Waals surface area contributed by atoms with E-state index in [1.165, 1.54) is 0 Å². The van der Waals surface area contributed by atoms with Gasteiger partial charge in [0.1, 0.15) is 24.4 Å². The van der Waals surface area contributed by atoms with E-state index in [9.17, 15) is 5.11 Å². The third-order valence-corrected chi connectivity index (χ3v) is 5.78.